The van der Waals surface area contributed by atoms with E-state index in [2.05, 4.69) is 87.3 Å². The van der Waals surface area contributed by atoms with Crippen LogP contribution in [-0.4, -0.2) is 34.8 Å². The SMILES string of the molecule is CC.CC1(C)OB(c2ccc3cc(-c4ccc5nc(CCCCN)[nH]c5c4)ccc3c2)OC1(C)C. The normalized spacial score (nSPS) is 16.5. The molecule has 3 N–H and O–H groups in total. The van der Waals surface area contributed by atoms with Gasteiger partial charge in [-0.05, 0) is 92.6 Å². The molecule has 4 aromatic rings. The van der Waals surface area contributed by atoms with Crippen molar-refractivity contribution < 1.29 is 9.31 Å². The topological polar surface area (TPSA) is 73.2 Å². The lowest BCUT2D eigenvalue weighted by molar-refractivity contribution is 0.00578. The van der Waals surface area contributed by atoms with Gasteiger partial charge in [-0.15, -0.1) is 0 Å². The number of rotatable bonds is 6. The van der Waals surface area contributed by atoms with Crippen molar-refractivity contribution in [1.82, 2.24) is 9.97 Å². The second-order valence-corrected chi connectivity index (χ2v) is 10.1. The summed E-state index contributed by atoms with van der Waals surface area (Å²) in [5.41, 5.74) is 10.4. The molecule has 0 amide bonds. The molecule has 5 nitrogen and oxygen atoms in total. The van der Waals surface area contributed by atoms with Crippen LogP contribution >= 0.6 is 0 Å². The standard InChI is InChI=1S/C27H32BN3O2.C2H6/c1-26(2)27(3,4)33-28(32-26)22-12-10-19-15-18(8-9-20(19)16-22)21-11-13-23-24(17-21)31-25(30-23)7-5-6-14-29;1-2/h8-13,15-17H,5-7,14,29H2,1-4H3,(H,30,31);1-2H3. The molecule has 1 aromatic heterocycles. The molecule has 1 aliphatic heterocycles. The van der Waals surface area contributed by atoms with Crippen molar-refractivity contribution in [2.24, 2.45) is 5.73 Å². The van der Waals surface area contributed by atoms with Crippen molar-refractivity contribution in [3.05, 3.63) is 60.4 Å². The van der Waals surface area contributed by atoms with Crippen LogP contribution in [0.1, 0.15) is 60.2 Å². The average Bonchev–Trinajstić information content (AvgIpc) is 3.35. The van der Waals surface area contributed by atoms with Gasteiger partial charge in [0, 0.05) is 6.42 Å². The summed E-state index contributed by atoms with van der Waals surface area (Å²) >= 11 is 0. The van der Waals surface area contributed by atoms with Crippen molar-refractivity contribution in [2.45, 2.75) is 72.0 Å². The molecule has 0 bridgehead atoms. The Bertz CT molecular complexity index is 1300. The first-order valence-corrected chi connectivity index (χ1v) is 12.8. The van der Waals surface area contributed by atoms with E-state index in [9.17, 15) is 0 Å². The first kappa shape index (κ1) is 25.4. The Morgan fingerprint density at radius 3 is 2.17 bits per heavy atom. The van der Waals surface area contributed by atoms with Gasteiger partial charge in [0.25, 0.3) is 0 Å². The molecule has 0 atom stereocenters. The van der Waals surface area contributed by atoms with Gasteiger partial charge < -0.3 is 20.0 Å². The van der Waals surface area contributed by atoms with E-state index in [1.807, 2.05) is 13.8 Å². The molecule has 6 heteroatoms. The molecule has 0 spiro atoms. The third-order valence-corrected chi connectivity index (χ3v) is 7.12. The van der Waals surface area contributed by atoms with E-state index in [0.717, 1.165) is 48.1 Å². The first-order valence-electron chi connectivity index (χ1n) is 12.8. The third-order valence-electron chi connectivity index (χ3n) is 7.12. The van der Waals surface area contributed by atoms with Crippen molar-refractivity contribution in [2.75, 3.05) is 6.54 Å². The minimum Gasteiger partial charge on any atom is -0.399 e. The monoisotopic (exact) mass is 471 g/mol. The Morgan fingerprint density at radius 1 is 0.829 bits per heavy atom. The van der Waals surface area contributed by atoms with Gasteiger partial charge in [0.1, 0.15) is 5.82 Å². The summed E-state index contributed by atoms with van der Waals surface area (Å²) in [5, 5.41) is 2.37. The highest BCUT2D eigenvalue weighted by Crippen LogP contribution is 2.36. The Morgan fingerprint density at radius 2 is 1.46 bits per heavy atom. The number of H-pyrrole nitrogens is 1. The van der Waals surface area contributed by atoms with Crippen molar-refractivity contribution in [1.29, 1.82) is 0 Å². The molecule has 3 aromatic carbocycles. The molecule has 1 saturated heterocycles. The van der Waals surface area contributed by atoms with Gasteiger partial charge in [-0.25, -0.2) is 4.98 Å². The highest BCUT2D eigenvalue weighted by Gasteiger charge is 2.51. The van der Waals surface area contributed by atoms with Crippen LogP contribution in [0.4, 0.5) is 0 Å². The van der Waals surface area contributed by atoms with Gasteiger partial charge in [-0.1, -0.05) is 50.2 Å². The van der Waals surface area contributed by atoms with Crippen molar-refractivity contribution in [3.8, 4) is 11.1 Å². The molecule has 0 radical (unpaired) electrons. The first-order chi connectivity index (χ1) is 16.8. The predicted octanol–water partition coefficient (Wildman–Crippen LogP) is 5.99. The van der Waals surface area contributed by atoms with E-state index < -0.39 is 0 Å². The summed E-state index contributed by atoms with van der Waals surface area (Å²) in [6.07, 6.45) is 3.01. The molecule has 1 aliphatic rings. The van der Waals surface area contributed by atoms with Crippen LogP contribution in [0.15, 0.2) is 54.6 Å². The number of hydrogen-bond donors (Lipinski definition) is 2. The summed E-state index contributed by atoms with van der Waals surface area (Å²) in [6.45, 7) is 13.1. The average molecular weight is 471 g/mol. The zero-order valence-electron chi connectivity index (χ0n) is 21.9. The fraction of sp³-hybridized carbons (Fsp3) is 0.414. The molecule has 1 fully saturated rings. The van der Waals surface area contributed by atoms with Gasteiger partial charge in [-0.2, -0.15) is 0 Å². The smallest absolute Gasteiger partial charge is 0.399 e. The number of aromatic amines is 1. The van der Waals surface area contributed by atoms with Crippen LogP contribution in [0.2, 0.25) is 0 Å². The Kier molecular flexibility index (Phi) is 7.36. The van der Waals surface area contributed by atoms with E-state index >= 15 is 0 Å². The fourth-order valence-corrected chi connectivity index (χ4v) is 4.37. The maximum Gasteiger partial charge on any atom is 0.494 e. The number of aryl methyl sites for hydroxylation is 1. The number of imidazole rings is 1. The lowest BCUT2D eigenvalue weighted by atomic mass is 9.78. The zero-order valence-corrected chi connectivity index (χ0v) is 21.9. The predicted molar refractivity (Wildman–Crippen MR) is 148 cm³/mol. The lowest BCUT2D eigenvalue weighted by Crippen LogP contribution is -2.41. The summed E-state index contributed by atoms with van der Waals surface area (Å²) in [7, 11) is -0.346. The van der Waals surface area contributed by atoms with Gasteiger partial charge >= 0.3 is 7.12 Å². The summed E-state index contributed by atoms with van der Waals surface area (Å²) in [5.74, 6) is 1.03. The number of hydrogen-bond acceptors (Lipinski definition) is 4. The van der Waals surface area contributed by atoms with Gasteiger partial charge in [0.15, 0.2) is 0 Å². The Balaban J connectivity index is 0.00000141. The summed E-state index contributed by atoms with van der Waals surface area (Å²) < 4.78 is 12.5. The number of unbranched alkanes of at least 4 members (excludes halogenated alkanes) is 1. The number of fused-ring (bicyclic) bond motifs is 2. The maximum absolute atomic E-state index is 6.23. The minimum absolute atomic E-state index is 0.341. The Labute approximate surface area is 209 Å². The molecular weight excluding hydrogens is 433 g/mol. The van der Waals surface area contributed by atoms with E-state index in [0.29, 0.717) is 0 Å². The molecule has 0 aliphatic carbocycles. The summed E-state index contributed by atoms with van der Waals surface area (Å²) in [4.78, 5) is 8.19. The van der Waals surface area contributed by atoms with E-state index in [-0.39, 0.29) is 18.3 Å². The van der Waals surface area contributed by atoms with Crippen LogP contribution in [0.25, 0.3) is 32.9 Å². The number of nitrogens with two attached hydrogens (primary N) is 1. The largest absolute Gasteiger partial charge is 0.494 e. The molecule has 35 heavy (non-hydrogen) atoms. The number of nitrogens with one attached hydrogen (secondary N) is 1. The van der Waals surface area contributed by atoms with Crippen LogP contribution in [0, 0.1) is 0 Å². The quantitative estimate of drug-likeness (QED) is 0.268. The molecule has 184 valence electrons. The third kappa shape index (κ3) is 5.15. The van der Waals surface area contributed by atoms with E-state index in [1.165, 1.54) is 21.9 Å². The van der Waals surface area contributed by atoms with E-state index in [1.54, 1.807) is 0 Å². The molecule has 2 heterocycles. The Hall–Kier alpha value is -2.67. The van der Waals surface area contributed by atoms with Crippen molar-refractivity contribution in [3.63, 3.8) is 0 Å². The van der Waals surface area contributed by atoms with Crippen LogP contribution < -0.4 is 11.2 Å². The summed E-state index contributed by atoms with van der Waals surface area (Å²) in [6, 6.07) is 19.5. The molecule has 0 unspecified atom stereocenters. The number of nitrogens with zero attached hydrogens (tertiary/aromatic N) is 1. The molecular formula is C29H38BN3O2. The van der Waals surface area contributed by atoms with Crippen LogP contribution in [-0.2, 0) is 15.7 Å². The van der Waals surface area contributed by atoms with E-state index in [4.69, 9.17) is 20.0 Å². The highest BCUT2D eigenvalue weighted by atomic mass is 16.7. The second-order valence-electron chi connectivity index (χ2n) is 10.1. The molecule has 0 saturated carbocycles. The van der Waals surface area contributed by atoms with Gasteiger partial charge in [-0.3, -0.25) is 0 Å². The second kappa shape index (κ2) is 10.1. The molecule has 5 rings (SSSR count). The van der Waals surface area contributed by atoms with Crippen LogP contribution in [0.3, 0.4) is 0 Å². The van der Waals surface area contributed by atoms with Crippen molar-refractivity contribution >= 4 is 34.4 Å². The van der Waals surface area contributed by atoms with Gasteiger partial charge in [0.2, 0.25) is 0 Å². The zero-order chi connectivity index (χ0) is 25.2. The fourth-order valence-electron chi connectivity index (χ4n) is 4.37. The van der Waals surface area contributed by atoms with Gasteiger partial charge in [0.05, 0.1) is 22.2 Å². The lowest BCUT2D eigenvalue weighted by Gasteiger charge is -2.32. The highest BCUT2D eigenvalue weighted by molar-refractivity contribution is 6.62. The minimum atomic E-state index is -0.346. The number of benzene rings is 3. The maximum atomic E-state index is 6.23. The number of aromatic nitrogens is 2. The van der Waals surface area contributed by atoms with Crippen LogP contribution in [0.5, 0.6) is 0 Å².